The molecule has 0 saturated heterocycles. The van der Waals surface area contributed by atoms with E-state index in [4.69, 9.17) is 16.3 Å². The van der Waals surface area contributed by atoms with E-state index in [9.17, 15) is 9.18 Å². The number of ether oxygens (including phenoxy) is 1. The summed E-state index contributed by atoms with van der Waals surface area (Å²) >= 11 is 5.72. The lowest BCUT2D eigenvalue weighted by atomic mass is 10.2. The number of carbonyl (C=O) groups excluding carboxylic acids is 1. The van der Waals surface area contributed by atoms with Gasteiger partial charge in [-0.25, -0.2) is 14.1 Å². The summed E-state index contributed by atoms with van der Waals surface area (Å²) in [7, 11) is 1.60. The molecule has 1 N–H and O–H groups in total. The number of methoxy groups -OCH3 is 1. The van der Waals surface area contributed by atoms with Crippen molar-refractivity contribution >= 4 is 17.5 Å². The summed E-state index contributed by atoms with van der Waals surface area (Å²) in [4.78, 5) is 16.7. The van der Waals surface area contributed by atoms with Gasteiger partial charge in [-0.2, -0.15) is 5.10 Å². The second-order valence-electron chi connectivity index (χ2n) is 6.10. The molecule has 0 spiro atoms. The maximum atomic E-state index is 13.7. The first-order chi connectivity index (χ1) is 13.5. The van der Waals surface area contributed by atoms with Crippen LogP contribution in [0.15, 0.2) is 42.5 Å². The Morgan fingerprint density at radius 3 is 2.64 bits per heavy atom. The van der Waals surface area contributed by atoms with Crippen molar-refractivity contribution < 1.29 is 13.9 Å². The van der Waals surface area contributed by atoms with E-state index < -0.39 is 5.82 Å². The molecule has 0 aliphatic heterocycles. The van der Waals surface area contributed by atoms with Crippen molar-refractivity contribution in [3.63, 3.8) is 0 Å². The number of aromatic nitrogens is 3. The first kappa shape index (κ1) is 19.8. The molecule has 1 heterocycles. The van der Waals surface area contributed by atoms with Gasteiger partial charge in [0.2, 0.25) is 5.91 Å². The number of hydrogen-bond acceptors (Lipinski definition) is 4. The average Bonchev–Trinajstić information content (AvgIpc) is 3.11. The maximum Gasteiger partial charge on any atom is 0.227 e. The van der Waals surface area contributed by atoms with Gasteiger partial charge in [-0.15, -0.1) is 0 Å². The van der Waals surface area contributed by atoms with Crippen LogP contribution in [0.5, 0.6) is 5.75 Å². The lowest BCUT2D eigenvalue weighted by Gasteiger charge is -2.06. The highest BCUT2D eigenvalue weighted by Gasteiger charge is 2.15. The number of nitrogens with one attached hydrogen (secondary N) is 1. The Balaban J connectivity index is 1.67. The normalized spacial score (nSPS) is 10.7. The molecule has 0 saturated carbocycles. The monoisotopic (exact) mass is 402 g/mol. The minimum Gasteiger partial charge on any atom is -0.497 e. The molecule has 0 bridgehead atoms. The molecule has 0 radical (unpaired) electrons. The van der Waals surface area contributed by atoms with E-state index >= 15 is 0 Å². The van der Waals surface area contributed by atoms with Crippen LogP contribution >= 0.6 is 11.6 Å². The summed E-state index contributed by atoms with van der Waals surface area (Å²) < 4.78 is 20.5. The highest BCUT2D eigenvalue weighted by Crippen LogP contribution is 2.22. The number of benzene rings is 2. The molecule has 0 fully saturated rings. The number of hydrogen-bond donors (Lipinski definition) is 1. The van der Waals surface area contributed by atoms with Gasteiger partial charge in [0.05, 0.1) is 18.6 Å². The molecule has 0 aliphatic carbocycles. The van der Waals surface area contributed by atoms with Crippen LogP contribution in [-0.4, -0.2) is 27.8 Å². The van der Waals surface area contributed by atoms with Crippen LogP contribution in [0.3, 0.4) is 0 Å². The Morgan fingerprint density at radius 1 is 1.25 bits per heavy atom. The Hall–Kier alpha value is -2.93. The van der Waals surface area contributed by atoms with Gasteiger partial charge in [0.15, 0.2) is 5.82 Å². The van der Waals surface area contributed by atoms with Gasteiger partial charge in [0.1, 0.15) is 17.4 Å². The van der Waals surface area contributed by atoms with Crippen molar-refractivity contribution in [1.29, 1.82) is 0 Å². The smallest absolute Gasteiger partial charge is 0.227 e. The average molecular weight is 403 g/mol. The molecule has 28 heavy (non-hydrogen) atoms. The molecule has 2 aromatic carbocycles. The van der Waals surface area contributed by atoms with Crippen LogP contribution in [0.25, 0.3) is 11.4 Å². The van der Waals surface area contributed by atoms with Crippen molar-refractivity contribution in [3.8, 4) is 17.1 Å². The molecule has 3 aromatic rings. The molecular weight excluding hydrogens is 383 g/mol. The third kappa shape index (κ3) is 4.67. The number of aryl methyl sites for hydroxylation is 1. The maximum absolute atomic E-state index is 13.7. The molecule has 0 aliphatic rings. The second-order valence-corrected chi connectivity index (χ2v) is 6.51. The van der Waals surface area contributed by atoms with Crippen molar-refractivity contribution in [2.45, 2.75) is 26.4 Å². The summed E-state index contributed by atoms with van der Waals surface area (Å²) in [6.45, 7) is 2.85. The molecule has 0 unspecified atom stereocenters. The van der Waals surface area contributed by atoms with Gasteiger partial charge in [-0.1, -0.05) is 23.7 Å². The van der Waals surface area contributed by atoms with E-state index in [1.807, 2.05) is 31.2 Å². The Morgan fingerprint density at radius 2 is 2.00 bits per heavy atom. The van der Waals surface area contributed by atoms with E-state index in [0.29, 0.717) is 30.3 Å². The van der Waals surface area contributed by atoms with Gasteiger partial charge in [0, 0.05) is 18.7 Å². The standard InChI is InChI=1S/C20H20ClFN4O2/c1-3-26-18(24-20(25-26)14-6-9-16(21)17(22)10-14)11-19(27)23-12-13-4-7-15(28-2)8-5-13/h4-10H,3,11-12H2,1-2H3,(H,23,27). The summed E-state index contributed by atoms with van der Waals surface area (Å²) in [6, 6.07) is 11.8. The van der Waals surface area contributed by atoms with E-state index in [-0.39, 0.29) is 17.4 Å². The predicted octanol–water partition coefficient (Wildman–Crippen LogP) is 3.63. The van der Waals surface area contributed by atoms with Crippen molar-refractivity contribution in [3.05, 3.63) is 64.7 Å². The van der Waals surface area contributed by atoms with Crippen molar-refractivity contribution in [2.24, 2.45) is 0 Å². The van der Waals surface area contributed by atoms with Gasteiger partial charge >= 0.3 is 0 Å². The molecule has 146 valence electrons. The van der Waals surface area contributed by atoms with Gasteiger partial charge in [-0.05, 0) is 42.8 Å². The highest BCUT2D eigenvalue weighted by molar-refractivity contribution is 6.30. The van der Waals surface area contributed by atoms with Crippen LogP contribution in [-0.2, 0) is 24.3 Å². The van der Waals surface area contributed by atoms with Crippen LogP contribution in [0.1, 0.15) is 18.3 Å². The Labute approximate surface area is 167 Å². The van der Waals surface area contributed by atoms with E-state index in [1.165, 1.54) is 12.1 Å². The molecular formula is C20H20ClFN4O2. The Kier molecular flexibility index (Phi) is 6.26. The van der Waals surface area contributed by atoms with Gasteiger partial charge in [-0.3, -0.25) is 4.79 Å². The largest absolute Gasteiger partial charge is 0.497 e. The minimum atomic E-state index is -0.536. The molecule has 1 amide bonds. The fraction of sp³-hybridized carbons (Fsp3) is 0.250. The summed E-state index contributed by atoms with van der Waals surface area (Å²) in [5.74, 6) is 0.922. The summed E-state index contributed by atoms with van der Waals surface area (Å²) in [6.07, 6.45) is 0.0765. The zero-order chi connectivity index (χ0) is 20.1. The van der Waals surface area contributed by atoms with Crippen LogP contribution in [0, 0.1) is 5.82 Å². The van der Waals surface area contributed by atoms with E-state index in [1.54, 1.807) is 17.9 Å². The lowest BCUT2D eigenvalue weighted by molar-refractivity contribution is -0.120. The molecule has 6 nitrogen and oxygen atoms in total. The van der Waals surface area contributed by atoms with Crippen molar-refractivity contribution in [2.75, 3.05) is 7.11 Å². The fourth-order valence-electron chi connectivity index (χ4n) is 2.67. The fourth-order valence-corrected chi connectivity index (χ4v) is 2.78. The van der Waals surface area contributed by atoms with Crippen LogP contribution < -0.4 is 10.1 Å². The quantitative estimate of drug-likeness (QED) is 0.655. The third-order valence-corrected chi connectivity index (χ3v) is 4.50. The Bertz CT molecular complexity index is 973. The lowest BCUT2D eigenvalue weighted by Crippen LogP contribution is -2.26. The summed E-state index contributed by atoms with van der Waals surface area (Å²) in [5.41, 5.74) is 1.47. The number of amides is 1. The van der Waals surface area contributed by atoms with E-state index in [0.717, 1.165) is 11.3 Å². The first-order valence-electron chi connectivity index (χ1n) is 8.79. The molecule has 8 heteroatoms. The van der Waals surface area contributed by atoms with Crippen LogP contribution in [0.4, 0.5) is 4.39 Å². The zero-order valence-corrected chi connectivity index (χ0v) is 16.3. The minimum absolute atomic E-state index is 0.0387. The number of carbonyl (C=O) groups is 1. The first-order valence-corrected chi connectivity index (χ1v) is 9.16. The number of rotatable bonds is 7. The topological polar surface area (TPSA) is 69.0 Å². The SMILES string of the molecule is CCn1nc(-c2ccc(Cl)c(F)c2)nc1CC(=O)NCc1ccc(OC)cc1. The van der Waals surface area contributed by atoms with Crippen LogP contribution in [0.2, 0.25) is 5.02 Å². The van der Waals surface area contributed by atoms with E-state index in [2.05, 4.69) is 15.4 Å². The van der Waals surface area contributed by atoms with Crippen molar-refractivity contribution in [1.82, 2.24) is 20.1 Å². The highest BCUT2D eigenvalue weighted by atomic mass is 35.5. The zero-order valence-electron chi connectivity index (χ0n) is 15.6. The predicted molar refractivity (Wildman–Crippen MR) is 105 cm³/mol. The summed E-state index contributed by atoms with van der Waals surface area (Å²) in [5, 5.41) is 7.26. The second kappa shape index (κ2) is 8.84. The number of halogens is 2. The van der Waals surface area contributed by atoms with Gasteiger partial charge < -0.3 is 10.1 Å². The molecule has 0 atom stereocenters. The number of nitrogens with zero attached hydrogens (tertiary/aromatic N) is 3. The molecule has 1 aromatic heterocycles. The molecule has 3 rings (SSSR count). The van der Waals surface area contributed by atoms with Gasteiger partial charge in [0.25, 0.3) is 0 Å². The third-order valence-electron chi connectivity index (χ3n) is 4.19.